The summed E-state index contributed by atoms with van der Waals surface area (Å²) in [6.07, 6.45) is -3.86. The number of anilines is 2. The zero-order valence-electron chi connectivity index (χ0n) is 16.9. The van der Waals surface area contributed by atoms with Gasteiger partial charge in [-0.1, -0.05) is 13.8 Å². The van der Waals surface area contributed by atoms with Gasteiger partial charge in [-0.05, 0) is 30.5 Å². The van der Waals surface area contributed by atoms with Crippen molar-refractivity contribution in [2.75, 3.05) is 10.6 Å². The molecule has 0 saturated heterocycles. The average Bonchev–Trinajstić information content (AvgIpc) is 2.90. The molecule has 0 fully saturated rings. The maximum atomic E-state index is 13.1. The summed E-state index contributed by atoms with van der Waals surface area (Å²) in [5.74, 6) is -1.21. The van der Waals surface area contributed by atoms with Crippen LogP contribution in [0, 0.1) is 12.3 Å². The summed E-state index contributed by atoms with van der Waals surface area (Å²) in [4.78, 5) is 36.7. The van der Waals surface area contributed by atoms with Gasteiger partial charge >= 0.3 is 6.18 Å². The maximum Gasteiger partial charge on any atom is 0.416 e. The topological polar surface area (TPSA) is 88.4 Å². The third kappa shape index (κ3) is 4.24. The summed E-state index contributed by atoms with van der Waals surface area (Å²) in [5.41, 5.74) is -0.830. The van der Waals surface area contributed by atoms with Gasteiger partial charge in [0.25, 0.3) is 5.91 Å². The van der Waals surface area contributed by atoms with Gasteiger partial charge in [0.2, 0.25) is 5.91 Å². The SMILES string of the molecule is CC(=O)Nc1ccc(C(F)(F)F)cc1NC(=O)c1oc2c(c1C)C(=O)CC(C)(C)C2. The lowest BCUT2D eigenvalue weighted by Gasteiger charge is -2.27. The molecule has 1 aromatic heterocycles. The molecule has 0 atom stereocenters. The lowest BCUT2D eigenvalue weighted by Crippen LogP contribution is -2.26. The van der Waals surface area contributed by atoms with E-state index in [9.17, 15) is 27.6 Å². The van der Waals surface area contributed by atoms with Gasteiger partial charge in [0.05, 0.1) is 22.5 Å². The Morgan fingerprint density at radius 1 is 1.10 bits per heavy atom. The number of carbonyl (C=O) groups excluding carboxylic acids is 3. The fourth-order valence-corrected chi connectivity index (χ4v) is 3.60. The first-order chi connectivity index (χ1) is 13.8. The van der Waals surface area contributed by atoms with Crippen LogP contribution in [0.4, 0.5) is 24.5 Å². The van der Waals surface area contributed by atoms with E-state index in [-0.39, 0.29) is 28.3 Å². The zero-order valence-corrected chi connectivity index (χ0v) is 16.9. The molecule has 0 saturated carbocycles. The summed E-state index contributed by atoms with van der Waals surface area (Å²) < 4.78 is 45.0. The molecule has 2 amide bonds. The second-order valence-electron chi connectivity index (χ2n) is 8.19. The van der Waals surface area contributed by atoms with Crippen LogP contribution in [0.1, 0.15) is 65.0 Å². The Labute approximate surface area is 170 Å². The van der Waals surface area contributed by atoms with Gasteiger partial charge in [-0.2, -0.15) is 13.2 Å². The van der Waals surface area contributed by atoms with Crippen LogP contribution < -0.4 is 10.6 Å². The molecule has 0 bridgehead atoms. The molecule has 1 aliphatic rings. The Balaban J connectivity index is 1.98. The summed E-state index contributed by atoms with van der Waals surface area (Å²) in [5, 5.41) is 4.76. The molecule has 0 unspecified atom stereocenters. The molecular formula is C21H21F3N2O4. The highest BCUT2D eigenvalue weighted by Crippen LogP contribution is 2.39. The van der Waals surface area contributed by atoms with Crippen molar-refractivity contribution >= 4 is 29.0 Å². The molecule has 0 radical (unpaired) electrons. The minimum absolute atomic E-state index is 0.00929. The summed E-state index contributed by atoms with van der Waals surface area (Å²) >= 11 is 0. The number of hydrogen-bond acceptors (Lipinski definition) is 4. The molecular weight excluding hydrogens is 401 g/mol. The molecule has 1 aliphatic carbocycles. The Hall–Kier alpha value is -3.10. The van der Waals surface area contributed by atoms with Crippen LogP contribution in [0.3, 0.4) is 0 Å². The molecule has 2 N–H and O–H groups in total. The number of alkyl halides is 3. The van der Waals surface area contributed by atoms with Crippen LogP contribution in [0.15, 0.2) is 22.6 Å². The van der Waals surface area contributed by atoms with Crippen LogP contribution in [-0.4, -0.2) is 17.6 Å². The first-order valence-corrected chi connectivity index (χ1v) is 9.24. The predicted octanol–water partition coefficient (Wildman–Crippen LogP) is 4.97. The number of furan rings is 1. The summed E-state index contributed by atoms with van der Waals surface area (Å²) in [7, 11) is 0. The molecule has 6 nitrogen and oxygen atoms in total. The summed E-state index contributed by atoms with van der Waals surface area (Å²) in [6.45, 7) is 6.58. The van der Waals surface area contributed by atoms with Gasteiger partial charge in [-0.25, -0.2) is 0 Å². The highest BCUT2D eigenvalue weighted by atomic mass is 19.4. The third-order valence-corrected chi connectivity index (χ3v) is 4.89. The molecule has 160 valence electrons. The number of Topliss-reactive ketones (excluding diaryl/α,β-unsaturated/α-hetero) is 1. The van der Waals surface area contributed by atoms with Crippen molar-refractivity contribution in [2.45, 2.75) is 46.7 Å². The van der Waals surface area contributed by atoms with Crippen LogP contribution in [-0.2, 0) is 17.4 Å². The lowest BCUT2D eigenvalue weighted by molar-refractivity contribution is -0.137. The fourth-order valence-electron chi connectivity index (χ4n) is 3.60. The van der Waals surface area contributed by atoms with Crippen molar-refractivity contribution in [3.8, 4) is 0 Å². The van der Waals surface area contributed by atoms with Gasteiger partial charge in [-0.3, -0.25) is 14.4 Å². The smallest absolute Gasteiger partial charge is 0.416 e. The van der Waals surface area contributed by atoms with E-state index in [4.69, 9.17) is 4.42 Å². The van der Waals surface area contributed by atoms with E-state index in [1.54, 1.807) is 6.92 Å². The number of ketones is 1. The van der Waals surface area contributed by atoms with E-state index >= 15 is 0 Å². The Morgan fingerprint density at radius 3 is 2.37 bits per heavy atom. The zero-order chi connectivity index (χ0) is 22.4. The van der Waals surface area contributed by atoms with Gasteiger partial charge in [0.1, 0.15) is 5.76 Å². The molecule has 1 heterocycles. The number of fused-ring (bicyclic) bond motifs is 1. The number of hydrogen-bond donors (Lipinski definition) is 2. The van der Waals surface area contributed by atoms with Crippen LogP contribution in [0.5, 0.6) is 0 Å². The number of rotatable bonds is 3. The molecule has 3 rings (SSSR count). The van der Waals surface area contributed by atoms with Crippen molar-refractivity contribution in [1.29, 1.82) is 0 Å². The van der Waals surface area contributed by atoms with Gasteiger partial charge in [-0.15, -0.1) is 0 Å². The quantitative estimate of drug-likeness (QED) is 0.731. The first kappa shape index (κ1) is 21.6. The van der Waals surface area contributed by atoms with Gasteiger partial charge < -0.3 is 15.1 Å². The molecule has 1 aromatic carbocycles. The highest BCUT2D eigenvalue weighted by Gasteiger charge is 2.37. The normalized spacial score (nSPS) is 15.5. The fraction of sp³-hybridized carbons (Fsp3) is 0.381. The largest absolute Gasteiger partial charge is 0.455 e. The van der Waals surface area contributed by atoms with E-state index in [1.807, 2.05) is 13.8 Å². The average molecular weight is 422 g/mol. The van der Waals surface area contributed by atoms with Crippen molar-refractivity contribution in [2.24, 2.45) is 5.41 Å². The van der Waals surface area contributed by atoms with Crippen LogP contribution >= 0.6 is 0 Å². The van der Waals surface area contributed by atoms with E-state index in [0.29, 0.717) is 29.7 Å². The first-order valence-electron chi connectivity index (χ1n) is 9.24. The number of nitrogens with one attached hydrogen (secondary N) is 2. The summed E-state index contributed by atoms with van der Waals surface area (Å²) in [6, 6.07) is 2.60. The highest BCUT2D eigenvalue weighted by molar-refractivity contribution is 6.09. The molecule has 2 aromatic rings. The van der Waals surface area contributed by atoms with Crippen LogP contribution in [0.25, 0.3) is 0 Å². The predicted molar refractivity (Wildman–Crippen MR) is 104 cm³/mol. The minimum atomic E-state index is -4.63. The molecule has 9 heteroatoms. The number of benzene rings is 1. The second kappa shape index (κ2) is 7.30. The van der Waals surface area contributed by atoms with Crippen molar-refractivity contribution < 1.29 is 32.0 Å². The monoisotopic (exact) mass is 422 g/mol. The lowest BCUT2D eigenvalue weighted by atomic mass is 9.76. The number of carbonyl (C=O) groups is 3. The van der Waals surface area contributed by atoms with Crippen molar-refractivity contribution in [3.05, 3.63) is 46.4 Å². The molecule has 30 heavy (non-hydrogen) atoms. The maximum absolute atomic E-state index is 13.1. The number of halogens is 3. The van der Waals surface area contributed by atoms with E-state index in [1.165, 1.54) is 6.92 Å². The number of amides is 2. The molecule has 0 aliphatic heterocycles. The van der Waals surface area contributed by atoms with Gasteiger partial charge in [0, 0.05) is 25.3 Å². The van der Waals surface area contributed by atoms with E-state index < -0.39 is 23.6 Å². The molecule has 0 spiro atoms. The second-order valence-corrected chi connectivity index (χ2v) is 8.19. The van der Waals surface area contributed by atoms with Crippen LogP contribution in [0.2, 0.25) is 0 Å². The van der Waals surface area contributed by atoms with E-state index in [0.717, 1.165) is 18.2 Å². The minimum Gasteiger partial charge on any atom is -0.455 e. The Morgan fingerprint density at radius 2 is 1.77 bits per heavy atom. The van der Waals surface area contributed by atoms with Crippen molar-refractivity contribution in [3.63, 3.8) is 0 Å². The van der Waals surface area contributed by atoms with Gasteiger partial charge in [0.15, 0.2) is 11.5 Å². The Bertz CT molecular complexity index is 1050. The standard InChI is InChI=1S/C21H21F3N2O4/c1-10-17-15(28)8-20(3,4)9-16(17)30-18(10)19(29)26-14-7-12(21(22,23)24)5-6-13(14)25-11(2)27/h5-7H,8-9H2,1-4H3,(H,25,27)(H,26,29). The third-order valence-electron chi connectivity index (χ3n) is 4.89. The Kier molecular flexibility index (Phi) is 5.26. The van der Waals surface area contributed by atoms with E-state index in [2.05, 4.69) is 10.6 Å². The van der Waals surface area contributed by atoms with Crippen molar-refractivity contribution in [1.82, 2.24) is 0 Å².